The summed E-state index contributed by atoms with van der Waals surface area (Å²) in [4.78, 5) is 26.5. The summed E-state index contributed by atoms with van der Waals surface area (Å²) >= 11 is 0. The van der Waals surface area contributed by atoms with E-state index in [1.54, 1.807) is 24.5 Å². The number of rotatable bonds is 4. The SMILES string of the molecule is CC[C@@H](C)NC(=O)C(=O)N/N=C\c1ccncc1. The summed E-state index contributed by atoms with van der Waals surface area (Å²) in [5.74, 6) is -1.46. The molecular formula is C12H16N4O2. The lowest BCUT2D eigenvalue weighted by molar-refractivity contribution is -0.139. The second-order valence-corrected chi connectivity index (χ2v) is 3.76. The number of hydrazone groups is 1. The van der Waals surface area contributed by atoms with Gasteiger partial charge in [0.25, 0.3) is 0 Å². The van der Waals surface area contributed by atoms with Crippen molar-refractivity contribution in [2.24, 2.45) is 5.10 Å². The van der Waals surface area contributed by atoms with Crippen LogP contribution in [0.2, 0.25) is 0 Å². The molecule has 2 N–H and O–H groups in total. The number of hydrogen-bond donors (Lipinski definition) is 2. The fraction of sp³-hybridized carbons (Fsp3) is 0.333. The lowest BCUT2D eigenvalue weighted by atomic mass is 10.2. The highest BCUT2D eigenvalue weighted by Gasteiger charge is 2.13. The van der Waals surface area contributed by atoms with Gasteiger partial charge in [-0.2, -0.15) is 5.10 Å². The number of carbonyl (C=O) groups is 2. The smallest absolute Gasteiger partial charge is 0.329 e. The highest BCUT2D eigenvalue weighted by Crippen LogP contribution is 1.90. The van der Waals surface area contributed by atoms with Gasteiger partial charge in [0.05, 0.1) is 6.21 Å². The van der Waals surface area contributed by atoms with Crippen LogP contribution in [0.25, 0.3) is 0 Å². The van der Waals surface area contributed by atoms with E-state index in [-0.39, 0.29) is 6.04 Å². The third-order valence-corrected chi connectivity index (χ3v) is 2.28. The van der Waals surface area contributed by atoms with E-state index in [9.17, 15) is 9.59 Å². The molecule has 0 bridgehead atoms. The average molecular weight is 248 g/mol. The maximum Gasteiger partial charge on any atom is 0.329 e. The van der Waals surface area contributed by atoms with Gasteiger partial charge >= 0.3 is 11.8 Å². The zero-order valence-electron chi connectivity index (χ0n) is 10.4. The minimum absolute atomic E-state index is 0.0348. The molecule has 2 amide bonds. The van der Waals surface area contributed by atoms with E-state index < -0.39 is 11.8 Å². The van der Waals surface area contributed by atoms with Gasteiger partial charge in [-0.1, -0.05) is 6.92 Å². The molecule has 0 aliphatic carbocycles. The van der Waals surface area contributed by atoms with Crippen LogP contribution in [-0.2, 0) is 9.59 Å². The molecule has 18 heavy (non-hydrogen) atoms. The monoisotopic (exact) mass is 248 g/mol. The third-order valence-electron chi connectivity index (χ3n) is 2.28. The van der Waals surface area contributed by atoms with E-state index >= 15 is 0 Å². The Hall–Kier alpha value is -2.24. The quantitative estimate of drug-likeness (QED) is 0.461. The topological polar surface area (TPSA) is 83.5 Å². The molecule has 0 radical (unpaired) electrons. The number of amides is 2. The molecule has 1 atom stereocenters. The molecule has 0 aliphatic rings. The van der Waals surface area contributed by atoms with Crippen LogP contribution in [0.15, 0.2) is 29.6 Å². The molecule has 0 spiro atoms. The van der Waals surface area contributed by atoms with Crippen LogP contribution >= 0.6 is 0 Å². The maximum absolute atomic E-state index is 11.3. The minimum Gasteiger partial charge on any atom is -0.345 e. The molecule has 0 saturated carbocycles. The zero-order chi connectivity index (χ0) is 13.4. The Morgan fingerprint density at radius 1 is 1.39 bits per heavy atom. The molecule has 0 aromatic carbocycles. The van der Waals surface area contributed by atoms with Crippen molar-refractivity contribution in [2.75, 3.05) is 0 Å². The van der Waals surface area contributed by atoms with Crippen molar-refractivity contribution in [3.63, 3.8) is 0 Å². The molecule has 0 fully saturated rings. The second kappa shape index (κ2) is 7.16. The van der Waals surface area contributed by atoms with Crippen LogP contribution in [-0.4, -0.2) is 29.1 Å². The lowest BCUT2D eigenvalue weighted by Gasteiger charge is -2.09. The van der Waals surface area contributed by atoms with Crippen molar-refractivity contribution >= 4 is 18.0 Å². The van der Waals surface area contributed by atoms with Crippen molar-refractivity contribution in [1.82, 2.24) is 15.7 Å². The summed E-state index contributed by atoms with van der Waals surface area (Å²) in [6.45, 7) is 3.75. The Balaban J connectivity index is 2.41. The first-order valence-corrected chi connectivity index (χ1v) is 5.67. The molecule has 6 nitrogen and oxygen atoms in total. The molecule has 1 heterocycles. The summed E-state index contributed by atoms with van der Waals surface area (Å²) in [5.41, 5.74) is 2.94. The van der Waals surface area contributed by atoms with Crippen LogP contribution < -0.4 is 10.7 Å². The normalized spacial score (nSPS) is 12.1. The largest absolute Gasteiger partial charge is 0.345 e. The summed E-state index contributed by atoms with van der Waals surface area (Å²) in [5, 5.41) is 6.23. The number of pyridine rings is 1. The summed E-state index contributed by atoms with van der Waals surface area (Å²) in [6.07, 6.45) is 5.42. The number of nitrogens with zero attached hydrogens (tertiary/aromatic N) is 2. The molecule has 0 unspecified atom stereocenters. The van der Waals surface area contributed by atoms with Crippen LogP contribution in [0.3, 0.4) is 0 Å². The highest BCUT2D eigenvalue weighted by atomic mass is 16.2. The minimum atomic E-state index is -0.777. The summed E-state index contributed by atoms with van der Waals surface area (Å²) < 4.78 is 0. The number of aromatic nitrogens is 1. The van der Waals surface area contributed by atoms with E-state index in [4.69, 9.17) is 0 Å². The Morgan fingerprint density at radius 3 is 2.67 bits per heavy atom. The fourth-order valence-corrected chi connectivity index (χ4v) is 1.06. The van der Waals surface area contributed by atoms with Gasteiger partial charge in [0, 0.05) is 18.4 Å². The van der Waals surface area contributed by atoms with E-state index in [0.717, 1.165) is 12.0 Å². The first-order chi connectivity index (χ1) is 8.63. The fourth-order valence-electron chi connectivity index (χ4n) is 1.06. The van der Waals surface area contributed by atoms with Gasteiger partial charge in [-0.05, 0) is 31.0 Å². The first kappa shape index (κ1) is 13.8. The van der Waals surface area contributed by atoms with E-state index in [2.05, 4.69) is 20.8 Å². The summed E-state index contributed by atoms with van der Waals surface area (Å²) in [7, 11) is 0. The van der Waals surface area contributed by atoms with Gasteiger partial charge in [0.15, 0.2) is 0 Å². The maximum atomic E-state index is 11.3. The van der Waals surface area contributed by atoms with Crippen LogP contribution in [0, 0.1) is 0 Å². The second-order valence-electron chi connectivity index (χ2n) is 3.76. The molecule has 6 heteroatoms. The molecule has 1 aromatic rings. The van der Waals surface area contributed by atoms with Crippen molar-refractivity contribution in [2.45, 2.75) is 26.3 Å². The van der Waals surface area contributed by atoms with Gasteiger partial charge < -0.3 is 5.32 Å². The van der Waals surface area contributed by atoms with E-state index in [1.165, 1.54) is 6.21 Å². The van der Waals surface area contributed by atoms with Gasteiger partial charge in [0.1, 0.15) is 0 Å². The molecule has 0 aliphatic heterocycles. The van der Waals surface area contributed by atoms with Gasteiger partial charge in [-0.3, -0.25) is 14.6 Å². The Kier molecular flexibility index (Phi) is 5.50. The van der Waals surface area contributed by atoms with Gasteiger partial charge in [-0.15, -0.1) is 0 Å². The van der Waals surface area contributed by atoms with Crippen molar-refractivity contribution in [3.8, 4) is 0 Å². The number of nitrogens with one attached hydrogen (secondary N) is 2. The van der Waals surface area contributed by atoms with E-state index in [1.807, 2.05) is 13.8 Å². The molecular weight excluding hydrogens is 232 g/mol. The third kappa shape index (κ3) is 4.73. The average Bonchev–Trinajstić information content (AvgIpc) is 2.39. The lowest BCUT2D eigenvalue weighted by Crippen LogP contribution is -2.41. The van der Waals surface area contributed by atoms with Crippen LogP contribution in [0.5, 0.6) is 0 Å². The Morgan fingerprint density at radius 2 is 2.06 bits per heavy atom. The number of hydrogen-bond acceptors (Lipinski definition) is 4. The van der Waals surface area contributed by atoms with Crippen molar-refractivity contribution in [1.29, 1.82) is 0 Å². The van der Waals surface area contributed by atoms with Crippen molar-refractivity contribution < 1.29 is 9.59 Å². The Bertz CT molecular complexity index is 431. The number of carbonyl (C=O) groups excluding carboxylic acids is 2. The molecule has 96 valence electrons. The van der Waals surface area contributed by atoms with Crippen molar-refractivity contribution in [3.05, 3.63) is 30.1 Å². The van der Waals surface area contributed by atoms with Gasteiger partial charge in [-0.25, -0.2) is 5.43 Å². The zero-order valence-corrected chi connectivity index (χ0v) is 10.4. The first-order valence-electron chi connectivity index (χ1n) is 5.67. The summed E-state index contributed by atoms with van der Waals surface area (Å²) in [6, 6.07) is 3.43. The Labute approximate surface area is 105 Å². The molecule has 1 rings (SSSR count). The van der Waals surface area contributed by atoms with Crippen LogP contribution in [0.1, 0.15) is 25.8 Å². The predicted molar refractivity (Wildman–Crippen MR) is 67.9 cm³/mol. The molecule has 0 saturated heterocycles. The highest BCUT2D eigenvalue weighted by molar-refractivity contribution is 6.35. The van der Waals surface area contributed by atoms with Gasteiger partial charge in [0.2, 0.25) is 0 Å². The van der Waals surface area contributed by atoms with E-state index in [0.29, 0.717) is 0 Å². The standard InChI is InChI=1S/C12H16N4O2/c1-3-9(2)15-11(17)12(18)16-14-8-10-4-6-13-7-5-10/h4-9H,3H2,1-2H3,(H,15,17)(H,16,18)/b14-8-/t9-/m1/s1. The molecule has 1 aromatic heterocycles. The predicted octanol–water partition coefficient (Wildman–Crippen LogP) is 0.446. The van der Waals surface area contributed by atoms with Crippen LogP contribution in [0.4, 0.5) is 0 Å².